The Bertz CT molecular complexity index is 272. The fraction of sp³-hybridized carbons (Fsp3) is 0.545. The van der Waals surface area contributed by atoms with Crippen LogP contribution in [0.1, 0.15) is 25.1 Å². The predicted molar refractivity (Wildman–Crippen MR) is 64.3 cm³/mol. The molecule has 84 valence electrons. The molecule has 0 amide bonds. The van der Waals surface area contributed by atoms with Gasteiger partial charge in [-0.25, -0.2) is 0 Å². The van der Waals surface area contributed by atoms with E-state index in [1.165, 1.54) is 6.42 Å². The lowest BCUT2D eigenvalue weighted by Crippen LogP contribution is -2.33. The lowest BCUT2D eigenvalue weighted by molar-refractivity contribution is 0.471. The molecular weight excluding hydrogens is 210 g/mol. The van der Waals surface area contributed by atoms with Gasteiger partial charge in [0.1, 0.15) is 0 Å². The van der Waals surface area contributed by atoms with Gasteiger partial charge in [-0.05, 0) is 32.0 Å². The summed E-state index contributed by atoms with van der Waals surface area (Å²) in [6.07, 6.45) is 3.07. The maximum absolute atomic E-state index is 4.34. The van der Waals surface area contributed by atoms with E-state index in [0.717, 1.165) is 18.8 Å². The molecule has 1 aromatic heterocycles. The molecule has 4 heteroatoms. The van der Waals surface area contributed by atoms with Gasteiger partial charge in [-0.2, -0.15) is 0 Å². The fourth-order valence-electron chi connectivity index (χ4n) is 1.87. The van der Waals surface area contributed by atoms with Gasteiger partial charge in [0.05, 0.1) is 5.69 Å². The third kappa shape index (κ3) is 3.45. The number of nitrogens with one attached hydrogen (secondary N) is 2. The molecule has 1 aliphatic heterocycles. The monoisotopic (exact) mass is 227 g/mol. The van der Waals surface area contributed by atoms with E-state index in [4.69, 9.17) is 0 Å². The van der Waals surface area contributed by atoms with Crippen LogP contribution < -0.4 is 10.6 Å². The highest BCUT2D eigenvalue weighted by atomic mass is 35.5. The Hall–Kier alpha value is -0.640. The SMILES string of the molecule is CC(NC1CCNC1)c1ccccn1.Cl. The van der Waals surface area contributed by atoms with Crippen molar-refractivity contribution in [2.24, 2.45) is 0 Å². The van der Waals surface area contributed by atoms with Gasteiger partial charge in [-0.15, -0.1) is 12.4 Å². The van der Waals surface area contributed by atoms with Crippen molar-refractivity contribution in [3.05, 3.63) is 30.1 Å². The minimum Gasteiger partial charge on any atom is -0.315 e. The first-order valence-corrected chi connectivity index (χ1v) is 5.24. The lowest BCUT2D eigenvalue weighted by Gasteiger charge is -2.17. The molecule has 0 aliphatic carbocycles. The van der Waals surface area contributed by atoms with E-state index >= 15 is 0 Å². The van der Waals surface area contributed by atoms with Crippen molar-refractivity contribution >= 4 is 12.4 Å². The average Bonchev–Trinajstić information content (AvgIpc) is 2.72. The first kappa shape index (κ1) is 12.4. The molecule has 0 bridgehead atoms. The Morgan fingerprint density at radius 2 is 2.40 bits per heavy atom. The highest BCUT2D eigenvalue weighted by Crippen LogP contribution is 2.10. The van der Waals surface area contributed by atoms with Crippen LogP contribution in [0.5, 0.6) is 0 Å². The van der Waals surface area contributed by atoms with Crippen molar-refractivity contribution in [3.63, 3.8) is 0 Å². The number of nitrogens with zero attached hydrogens (tertiary/aromatic N) is 1. The summed E-state index contributed by atoms with van der Waals surface area (Å²) in [5.74, 6) is 0. The Morgan fingerprint density at radius 3 is 3.00 bits per heavy atom. The summed E-state index contributed by atoms with van der Waals surface area (Å²) < 4.78 is 0. The topological polar surface area (TPSA) is 37.0 Å². The second kappa shape index (κ2) is 6.05. The van der Waals surface area contributed by atoms with Crippen molar-refractivity contribution in [1.82, 2.24) is 15.6 Å². The number of hydrogen-bond donors (Lipinski definition) is 2. The molecule has 1 aliphatic rings. The van der Waals surface area contributed by atoms with E-state index < -0.39 is 0 Å². The number of rotatable bonds is 3. The van der Waals surface area contributed by atoms with Crippen LogP contribution in [0.3, 0.4) is 0 Å². The third-order valence-corrected chi connectivity index (χ3v) is 2.68. The van der Waals surface area contributed by atoms with Crippen LogP contribution in [-0.2, 0) is 0 Å². The summed E-state index contributed by atoms with van der Waals surface area (Å²) in [5.41, 5.74) is 1.12. The minimum atomic E-state index is 0. The Balaban J connectivity index is 0.00000112. The van der Waals surface area contributed by atoms with E-state index in [9.17, 15) is 0 Å². The number of halogens is 1. The first-order valence-electron chi connectivity index (χ1n) is 5.24. The normalized spacial score (nSPS) is 22.1. The van der Waals surface area contributed by atoms with Gasteiger partial charge in [0.25, 0.3) is 0 Å². The Morgan fingerprint density at radius 1 is 1.53 bits per heavy atom. The molecule has 3 nitrogen and oxygen atoms in total. The van der Waals surface area contributed by atoms with Crippen molar-refractivity contribution in [2.45, 2.75) is 25.4 Å². The molecule has 0 radical (unpaired) electrons. The molecule has 1 fully saturated rings. The summed E-state index contributed by atoms with van der Waals surface area (Å²) in [4.78, 5) is 4.34. The number of hydrogen-bond acceptors (Lipinski definition) is 3. The first-order chi connectivity index (χ1) is 6.86. The summed E-state index contributed by atoms with van der Waals surface area (Å²) in [7, 11) is 0. The molecule has 15 heavy (non-hydrogen) atoms. The molecule has 2 rings (SSSR count). The summed E-state index contributed by atoms with van der Waals surface area (Å²) in [5, 5.41) is 6.92. The van der Waals surface area contributed by atoms with Gasteiger partial charge in [-0.1, -0.05) is 6.07 Å². The van der Waals surface area contributed by atoms with Crippen LogP contribution in [0.2, 0.25) is 0 Å². The van der Waals surface area contributed by atoms with Crippen LogP contribution in [0.15, 0.2) is 24.4 Å². The number of pyridine rings is 1. The average molecular weight is 228 g/mol. The third-order valence-electron chi connectivity index (χ3n) is 2.68. The second-order valence-electron chi connectivity index (χ2n) is 3.83. The number of aromatic nitrogens is 1. The molecule has 1 saturated heterocycles. The van der Waals surface area contributed by atoms with Gasteiger partial charge in [-0.3, -0.25) is 4.98 Å². The molecule has 0 saturated carbocycles. The summed E-state index contributed by atoms with van der Waals surface area (Å²) in [6, 6.07) is 7.01. The molecule has 0 spiro atoms. The second-order valence-corrected chi connectivity index (χ2v) is 3.83. The van der Waals surface area contributed by atoms with E-state index in [2.05, 4.69) is 28.6 Å². The largest absolute Gasteiger partial charge is 0.315 e. The van der Waals surface area contributed by atoms with Gasteiger partial charge in [0.15, 0.2) is 0 Å². The van der Waals surface area contributed by atoms with E-state index in [0.29, 0.717) is 12.1 Å². The molecule has 2 N–H and O–H groups in total. The zero-order valence-corrected chi connectivity index (χ0v) is 9.76. The smallest absolute Gasteiger partial charge is 0.0570 e. The Labute approximate surface area is 97.1 Å². The van der Waals surface area contributed by atoms with Crippen LogP contribution in [0.4, 0.5) is 0 Å². The van der Waals surface area contributed by atoms with E-state index in [-0.39, 0.29) is 12.4 Å². The minimum absolute atomic E-state index is 0. The summed E-state index contributed by atoms with van der Waals surface area (Å²) >= 11 is 0. The van der Waals surface area contributed by atoms with Crippen LogP contribution in [0.25, 0.3) is 0 Å². The lowest BCUT2D eigenvalue weighted by atomic mass is 10.1. The van der Waals surface area contributed by atoms with Gasteiger partial charge in [0.2, 0.25) is 0 Å². The predicted octanol–water partition coefficient (Wildman–Crippen LogP) is 1.52. The van der Waals surface area contributed by atoms with E-state index in [1.54, 1.807) is 0 Å². The molecule has 2 unspecified atom stereocenters. The molecule has 0 aromatic carbocycles. The maximum Gasteiger partial charge on any atom is 0.0570 e. The highest BCUT2D eigenvalue weighted by molar-refractivity contribution is 5.85. The van der Waals surface area contributed by atoms with Gasteiger partial charge in [0, 0.05) is 24.8 Å². The van der Waals surface area contributed by atoms with Gasteiger partial charge < -0.3 is 10.6 Å². The van der Waals surface area contributed by atoms with Crippen molar-refractivity contribution in [3.8, 4) is 0 Å². The van der Waals surface area contributed by atoms with Gasteiger partial charge >= 0.3 is 0 Å². The van der Waals surface area contributed by atoms with E-state index in [1.807, 2.05) is 18.3 Å². The highest BCUT2D eigenvalue weighted by Gasteiger charge is 2.17. The molecule has 1 aromatic rings. The molecule has 2 heterocycles. The molecule has 2 atom stereocenters. The Kier molecular flexibility index (Phi) is 5.02. The molecular formula is C11H18ClN3. The zero-order chi connectivity index (χ0) is 9.80. The maximum atomic E-state index is 4.34. The van der Waals surface area contributed by atoms with Crippen LogP contribution >= 0.6 is 12.4 Å². The fourth-order valence-corrected chi connectivity index (χ4v) is 1.87. The van der Waals surface area contributed by atoms with Crippen LogP contribution in [-0.4, -0.2) is 24.1 Å². The summed E-state index contributed by atoms with van der Waals surface area (Å²) in [6.45, 7) is 4.38. The van der Waals surface area contributed by atoms with Crippen molar-refractivity contribution in [1.29, 1.82) is 0 Å². The quantitative estimate of drug-likeness (QED) is 0.822. The van der Waals surface area contributed by atoms with Crippen molar-refractivity contribution in [2.75, 3.05) is 13.1 Å². The standard InChI is InChI=1S/C11H17N3.ClH/c1-9(11-4-2-3-6-13-11)14-10-5-7-12-8-10;/h2-4,6,9-10,12,14H,5,7-8H2,1H3;1H. The zero-order valence-electron chi connectivity index (χ0n) is 8.94. The van der Waals surface area contributed by atoms with Crippen LogP contribution in [0, 0.1) is 0 Å². The van der Waals surface area contributed by atoms with Crippen molar-refractivity contribution < 1.29 is 0 Å².